The van der Waals surface area contributed by atoms with Crippen LogP contribution in [0.1, 0.15) is 18.3 Å². The number of carbonyl (C=O) groups excluding carboxylic acids is 1. The maximum absolute atomic E-state index is 11.7. The summed E-state index contributed by atoms with van der Waals surface area (Å²) in [6.45, 7) is 4.61. The highest BCUT2D eigenvalue weighted by Gasteiger charge is 2.19. The highest BCUT2D eigenvalue weighted by atomic mass is 32.2. The molecule has 0 aliphatic rings. The molecule has 0 spiro atoms. The van der Waals surface area contributed by atoms with Crippen LogP contribution in [0.2, 0.25) is 0 Å². The summed E-state index contributed by atoms with van der Waals surface area (Å²) in [6, 6.07) is 10.7. The number of aromatic hydroxyl groups is 1. The quantitative estimate of drug-likeness (QED) is 0.269. The van der Waals surface area contributed by atoms with Crippen LogP contribution in [0.15, 0.2) is 62.1 Å². The molecule has 12 heteroatoms. The lowest BCUT2D eigenvalue weighted by atomic mass is 10.0. The van der Waals surface area contributed by atoms with Crippen LogP contribution in [0.4, 0.5) is 17.1 Å². The van der Waals surface area contributed by atoms with Gasteiger partial charge in [-0.1, -0.05) is 5.16 Å². The lowest BCUT2D eigenvalue weighted by molar-refractivity contribution is -0.114. The maximum atomic E-state index is 11.7. The van der Waals surface area contributed by atoms with Gasteiger partial charge < -0.3 is 14.9 Å². The lowest BCUT2D eigenvalue weighted by Crippen LogP contribution is -2.08. The van der Waals surface area contributed by atoms with Crippen molar-refractivity contribution >= 4 is 43.9 Å². The van der Waals surface area contributed by atoms with Crippen molar-refractivity contribution in [2.24, 2.45) is 10.2 Å². The average molecular weight is 481 g/mol. The molecular formula is C22H19N5O6S. The topological polar surface area (TPSA) is 167 Å². The molecule has 0 aliphatic carbocycles. The van der Waals surface area contributed by atoms with Crippen molar-refractivity contribution in [1.29, 1.82) is 0 Å². The number of amides is 1. The minimum atomic E-state index is -4.55. The molecule has 34 heavy (non-hydrogen) atoms. The van der Waals surface area contributed by atoms with E-state index in [1.54, 1.807) is 44.2 Å². The van der Waals surface area contributed by atoms with Crippen molar-refractivity contribution in [3.05, 3.63) is 53.9 Å². The molecule has 1 heterocycles. The van der Waals surface area contributed by atoms with Gasteiger partial charge >= 0.3 is 0 Å². The molecule has 4 aromatic rings. The molecule has 0 unspecified atom stereocenters. The fraction of sp³-hybridized carbons (Fsp3) is 0.136. The summed E-state index contributed by atoms with van der Waals surface area (Å²) in [5.41, 5.74) is 1.83. The van der Waals surface area contributed by atoms with Gasteiger partial charge in [0.05, 0.1) is 16.3 Å². The normalized spacial score (nSPS) is 11.9. The molecule has 3 aromatic carbocycles. The van der Waals surface area contributed by atoms with Gasteiger partial charge in [-0.15, -0.1) is 5.11 Å². The minimum absolute atomic E-state index is 0.00535. The second kappa shape index (κ2) is 8.65. The predicted octanol–water partition coefficient (Wildman–Crippen LogP) is 4.83. The van der Waals surface area contributed by atoms with Crippen LogP contribution in [0.3, 0.4) is 0 Å². The Kier molecular flexibility index (Phi) is 5.85. The van der Waals surface area contributed by atoms with Gasteiger partial charge in [0.15, 0.2) is 11.6 Å². The first-order chi connectivity index (χ1) is 16.0. The van der Waals surface area contributed by atoms with Gasteiger partial charge in [-0.05, 0) is 67.3 Å². The summed E-state index contributed by atoms with van der Waals surface area (Å²) in [5.74, 6) is 0.0953. The molecule has 0 radical (unpaired) electrons. The van der Waals surface area contributed by atoms with E-state index in [9.17, 15) is 22.9 Å². The van der Waals surface area contributed by atoms with E-state index in [0.29, 0.717) is 28.5 Å². The summed E-state index contributed by atoms with van der Waals surface area (Å²) in [4.78, 5) is 15.4. The summed E-state index contributed by atoms with van der Waals surface area (Å²) >= 11 is 0. The average Bonchev–Trinajstić information content (AvgIpc) is 3.18. The number of carbonyl (C=O) groups is 1. The predicted molar refractivity (Wildman–Crippen MR) is 123 cm³/mol. The molecule has 0 atom stereocenters. The fourth-order valence-electron chi connectivity index (χ4n) is 3.38. The van der Waals surface area contributed by atoms with Crippen molar-refractivity contribution in [1.82, 2.24) is 10.1 Å². The van der Waals surface area contributed by atoms with Crippen LogP contribution in [0.25, 0.3) is 22.2 Å². The third kappa shape index (κ3) is 4.63. The number of azo groups is 1. The standard InChI is InChI=1S/C22H19N5O6S/c1-11-8-15-9-17(34(30,31)32)10-18(24-13(3)28)19(15)21(29)20(11)26-25-16-6-4-14(5-7-16)22-23-12(2)27-33-22/h4-10,29H,1-3H3,(H,24,28)(H,30,31,32). The van der Waals surface area contributed by atoms with Crippen molar-refractivity contribution in [2.75, 3.05) is 5.32 Å². The number of phenolic OH excluding ortho intramolecular Hbond substituents is 1. The van der Waals surface area contributed by atoms with Crippen LogP contribution >= 0.6 is 0 Å². The Morgan fingerprint density at radius 1 is 1.09 bits per heavy atom. The molecule has 4 rings (SSSR count). The Hall–Kier alpha value is -4.16. The van der Waals surface area contributed by atoms with Gasteiger partial charge in [0.1, 0.15) is 5.69 Å². The Morgan fingerprint density at radius 3 is 2.38 bits per heavy atom. The van der Waals surface area contributed by atoms with Gasteiger partial charge in [-0.25, -0.2) is 0 Å². The van der Waals surface area contributed by atoms with Crippen molar-refractivity contribution < 1.29 is 27.4 Å². The molecule has 1 aromatic heterocycles. The lowest BCUT2D eigenvalue weighted by Gasteiger charge is -2.13. The second-order valence-electron chi connectivity index (χ2n) is 7.51. The Labute approximate surface area is 193 Å². The SMILES string of the molecule is CC(=O)Nc1cc(S(=O)(=O)O)cc2cc(C)c(N=Nc3ccc(-c4nc(C)no4)cc3)c(O)c12. The molecule has 174 valence electrons. The van der Waals surface area contributed by atoms with E-state index in [0.717, 1.165) is 6.07 Å². The van der Waals surface area contributed by atoms with E-state index >= 15 is 0 Å². The van der Waals surface area contributed by atoms with Crippen molar-refractivity contribution in [3.8, 4) is 17.2 Å². The number of phenols is 1. The monoisotopic (exact) mass is 481 g/mol. The van der Waals surface area contributed by atoms with Crippen molar-refractivity contribution in [3.63, 3.8) is 0 Å². The first kappa shape index (κ1) is 23.0. The summed E-state index contributed by atoms with van der Waals surface area (Å²) in [6.07, 6.45) is 0. The number of benzene rings is 3. The molecular weight excluding hydrogens is 462 g/mol. The number of nitrogens with one attached hydrogen (secondary N) is 1. The van der Waals surface area contributed by atoms with E-state index in [4.69, 9.17) is 4.52 Å². The molecule has 0 saturated heterocycles. The molecule has 3 N–H and O–H groups in total. The number of aryl methyl sites for hydroxylation is 2. The zero-order valence-electron chi connectivity index (χ0n) is 18.3. The first-order valence-corrected chi connectivity index (χ1v) is 11.3. The highest BCUT2D eigenvalue weighted by molar-refractivity contribution is 7.85. The van der Waals surface area contributed by atoms with Gasteiger partial charge in [-0.3, -0.25) is 9.35 Å². The van der Waals surface area contributed by atoms with Gasteiger partial charge in [0, 0.05) is 17.9 Å². The molecule has 11 nitrogen and oxygen atoms in total. The number of rotatable bonds is 5. The highest BCUT2D eigenvalue weighted by Crippen LogP contribution is 2.43. The van der Waals surface area contributed by atoms with E-state index in [-0.39, 0.29) is 27.9 Å². The van der Waals surface area contributed by atoms with Gasteiger partial charge in [0.25, 0.3) is 16.0 Å². The first-order valence-electron chi connectivity index (χ1n) is 9.91. The zero-order valence-corrected chi connectivity index (χ0v) is 19.1. The van der Waals surface area contributed by atoms with Gasteiger partial charge in [-0.2, -0.15) is 18.5 Å². The Balaban J connectivity index is 1.77. The van der Waals surface area contributed by atoms with Crippen LogP contribution in [-0.4, -0.2) is 34.1 Å². The number of anilines is 1. The smallest absolute Gasteiger partial charge is 0.294 e. The fourth-order valence-corrected chi connectivity index (χ4v) is 3.92. The van der Waals surface area contributed by atoms with Gasteiger partial charge in [0.2, 0.25) is 5.91 Å². The molecule has 0 saturated carbocycles. The number of nitrogens with zero attached hydrogens (tertiary/aromatic N) is 4. The number of aromatic nitrogens is 2. The van der Waals surface area contributed by atoms with E-state index in [1.165, 1.54) is 13.0 Å². The zero-order chi connectivity index (χ0) is 24.6. The molecule has 0 fully saturated rings. The van der Waals surface area contributed by atoms with Crippen LogP contribution in [-0.2, 0) is 14.9 Å². The largest absolute Gasteiger partial charge is 0.505 e. The summed E-state index contributed by atoms with van der Waals surface area (Å²) in [5, 5.41) is 26.0. The summed E-state index contributed by atoms with van der Waals surface area (Å²) in [7, 11) is -4.55. The van der Waals surface area contributed by atoms with Crippen LogP contribution < -0.4 is 5.32 Å². The maximum Gasteiger partial charge on any atom is 0.294 e. The Morgan fingerprint density at radius 2 is 1.79 bits per heavy atom. The number of hydrogen-bond donors (Lipinski definition) is 3. The third-order valence-electron chi connectivity index (χ3n) is 4.86. The number of fused-ring (bicyclic) bond motifs is 1. The van der Waals surface area contributed by atoms with E-state index in [1.807, 2.05) is 0 Å². The molecule has 1 amide bonds. The minimum Gasteiger partial charge on any atom is -0.505 e. The number of hydrogen-bond acceptors (Lipinski definition) is 9. The van der Waals surface area contributed by atoms with Crippen LogP contribution in [0, 0.1) is 13.8 Å². The van der Waals surface area contributed by atoms with Crippen LogP contribution in [0.5, 0.6) is 5.75 Å². The second-order valence-corrected chi connectivity index (χ2v) is 8.93. The van der Waals surface area contributed by atoms with Crippen molar-refractivity contribution in [2.45, 2.75) is 25.7 Å². The summed E-state index contributed by atoms with van der Waals surface area (Å²) < 4.78 is 37.9. The third-order valence-corrected chi connectivity index (χ3v) is 5.70. The molecule has 0 aliphatic heterocycles. The van der Waals surface area contributed by atoms with E-state index in [2.05, 4.69) is 25.7 Å². The Bertz CT molecular complexity index is 1560. The van der Waals surface area contributed by atoms with E-state index < -0.39 is 20.9 Å². The molecule has 0 bridgehead atoms.